The molecule has 1 atom stereocenters. The van der Waals surface area contributed by atoms with Gasteiger partial charge in [-0.1, -0.05) is 30.3 Å². The summed E-state index contributed by atoms with van der Waals surface area (Å²) in [6.45, 7) is 3.43. The van der Waals surface area contributed by atoms with Gasteiger partial charge in [0.25, 0.3) is 0 Å². The SMILES string of the molecule is Cl.ClC(CN1CCCC1)c1ccccc1. The minimum atomic E-state index is 0. The van der Waals surface area contributed by atoms with Gasteiger partial charge in [-0.25, -0.2) is 0 Å². The number of likely N-dealkylation sites (tertiary alicyclic amines) is 1. The van der Waals surface area contributed by atoms with Crippen LogP contribution in [0.25, 0.3) is 0 Å². The molecular weight excluding hydrogens is 229 g/mol. The summed E-state index contributed by atoms with van der Waals surface area (Å²) in [6.07, 6.45) is 2.66. The van der Waals surface area contributed by atoms with Gasteiger partial charge in [0.1, 0.15) is 0 Å². The highest BCUT2D eigenvalue weighted by atomic mass is 35.5. The molecule has 0 amide bonds. The molecule has 2 rings (SSSR count). The number of alkyl halides is 1. The van der Waals surface area contributed by atoms with E-state index in [4.69, 9.17) is 11.6 Å². The fourth-order valence-electron chi connectivity index (χ4n) is 1.96. The van der Waals surface area contributed by atoms with E-state index in [0.29, 0.717) is 0 Å². The molecule has 1 aliphatic rings. The second-order valence-corrected chi connectivity index (χ2v) is 4.41. The Morgan fingerprint density at radius 3 is 2.33 bits per heavy atom. The summed E-state index contributed by atoms with van der Waals surface area (Å²) >= 11 is 6.34. The van der Waals surface area contributed by atoms with Crippen molar-refractivity contribution in [3.63, 3.8) is 0 Å². The number of benzene rings is 1. The molecule has 0 N–H and O–H groups in total. The van der Waals surface area contributed by atoms with Crippen LogP contribution < -0.4 is 0 Å². The van der Waals surface area contributed by atoms with E-state index in [1.54, 1.807) is 0 Å². The van der Waals surface area contributed by atoms with Crippen molar-refractivity contribution in [1.82, 2.24) is 4.90 Å². The minimum Gasteiger partial charge on any atom is -0.302 e. The smallest absolute Gasteiger partial charge is 0.0712 e. The van der Waals surface area contributed by atoms with Gasteiger partial charge in [-0.3, -0.25) is 0 Å². The normalized spacial score (nSPS) is 18.5. The summed E-state index contributed by atoms with van der Waals surface area (Å²) in [6, 6.07) is 10.3. The van der Waals surface area contributed by atoms with Gasteiger partial charge < -0.3 is 4.90 Å². The van der Waals surface area contributed by atoms with Crippen molar-refractivity contribution in [3.05, 3.63) is 35.9 Å². The summed E-state index contributed by atoms with van der Waals surface area (Å²) in [4.78, 5) is 2.45. The fourth-order valence-corrected chi connectivity index (χ4v) is 2.30. The van der Waals surface area contributed by atoms with Crippen LogP contribution in [0.4, 0.5) is 0 Å². The largest absolute Gasteiger partial charge is 0.302 e. The Morgan fingerprint density at radius 1 is 1.13 bits per heavy atom. The molecule has 0 aromatic heterocycles. The van der Waals surface area contributed by atoms with Gasteiger partial charge >= 0.3 is 0 Å². The average molecular weight is 246 g/mol. The van der Waals surface area contributed by atoms with E-state index in [2.05, 4.69) is 29.2 Å². The number of hydrogen-bond donors (Lipinski definition) is 0. The van der Waals surface area contributed by atoms with Gasteiger partial charge in [0.15, 0.2) is 0 Å². The highest BCUT2D eigenvalue weighted by Gasteiger charge is 2.16. The van der Waals surface area contributed by atoms with E-state index in [0.717, 1.165) is 6.54 Å². The number of nitrogens with zero attached hydrogens (tertiary/aromatic N) is 1. The molecule has 1 saturated heterocycles. The predicted octanol–water partition coefficient (Wildman–Crippen LogP) is 3.48. The van der Waals surface area contributed by atoms with Crippen molar-refractivity contribution in [2.45, 2.75) is 18.2 Å². The summed E-state index contributed by atoms with van der Waals surface area (Å²) in [5.74, 6) is 0. The first-order valence-electron chi connectivity index (χ1n) is 5.27. The van der Waals surface area contributed by atoms with E-state index in [-0.39, 0.29) is 17.8 Å². The van der Waals surface area contributed by atoms with Crippen molar-refractivity contribution in [1.29, 1.82) is 0 Å². The van der Waals surface area contributed by atoms with Crippen LogP contribution in [0.3, 0.4) is 0 Å². The molecule has 0 saturated carbocycles. The molecule has 0 spiro atoms. The highest BCUT2D eigenvalue weighted by molar-refractivity contribution is 6.21. The zero-order chi connectivity index (χ0) is 9.80. The predicted molar refractivity (Wildman–Crippen MR) is 68.0 cm³/mol. The summed E-state index contributed by atoms with van der Waals surface area (Å²) in [7, 11) is 0. The zero-order valence-electron chi connectivity index (χ0n) is 8.73. The molecule has 1 unspecified atom stereocenters. The first-order chi connectivity index (χ1) is 6.86. The summed E-state index contributed by atoms with van der Waals surface area (Å²) < 4.78 is 0. The van der Waals surface area contributed by atoms with Crippen molar-refractivity contribution in [3.8, 4) is 0 Å². The maximum absolute atomic E-state index is 6.34. The van der Waals surface area contributed by atoms with E-state index in [1.165, 1.54) is 31.5 Å². The van der Waals surface area contributed by atoms with Gasteiger partial charge in [0, 0.05) is 6.54 Å². The van der Waals surface area contributed by atoms with Crippen molar-refractivity contribution in [2.24, 2.45) is 0 Å². The Hall–Kier alpha value is -0.240. The van der Waals surface area contributed by atoms with Gasteiger partial charge in [-0.2, -0.15) is 0 Å². The van der Waals surface area contributed by atoms with Crippen LogP contribution in [0.15, 0.2) is 30.3 Å². The molecule has 0 aliphatic carbocycles. The Balaban J connectivity index is 0.00000112. The van der Waals surface area contributed by atoms with Crippen LogP contribution in [0.1, 0.15) is 23.8 Å². The molecule has 1 nitrogen and oxygen atoms in total. The lowest BCUT2D eigenvalue weighted by Crippen LogP contribution is -2.23. The Kier molecular flexibility index (Phi) is 5.44. The molecule has 1 aromatic carbocycles. The van der Waals surface area contributed by atoms with Crippen LogP contribution in [0.2, 0.25) is 0 Å². The lowest BCUT2D eigenvalue weighted by atomic mass is 10.1. The van der Waals surface area contributed by atoms with E-state index in [1.807, 2.05) is 6.07 Å². The monoisotopic (exact) mass is 245 g/mol. The third kappa shape index (κ3) is 3.67. The molecule has 1 aliphatic heterocycles. The lowest BCUT2D eigenvalue weighted by molar-refractivity contribution is 0.339. The van der Waals surface area contributed by atoms with Crippen LogP contribution >= 0.6 is 24.0 Å². The molecule has 0 bridgehead atoms. The van der Waals surface area contributed by atoms with Crippen molar-refractivity contribution < 1.29 is 0 Å². The van der Waals surface area contributed by atoms with Gasteiger partial charge in [-0.05, 0) is 31.5 Å². The second-order valence-electron chi connectivity index (χ2n) is 3.89. The topological polar surface area (TPSA) is 3.24 Å². The van der Waals surface area contributed by atoms with Gasteiger partial charge in [0.2, 0.25) is 0 Å². The third-order valence-corrected chi connectivity index (χ3v) is 3.17. The lowest BCUT2D eigenvalue weighted by Gasteiger charge is -2.18. The maximum Gasteiger partial charge on any atom is 0.0712 e. The number of rotatable bonds is 3. The molecule has 1 fully saturated rings. The van der Waals surface area contributed by atoms with E-state index < -0.39 is 0 Å². The molecule has 1 heterocycles. The van der Waals surface area contributed by atoms with Gasteiger partial charge in [0.05, 0.1) is 5.38 Å². The standard InChI is InChI=1S/C12H16ClN.ClH/c13-12(10-14-8-4-5-9-14)11-6-2-1-3-7-11;/h1-3,6-7,12H,4-5,8-10H2;1H. The van der Waals surface area contributed by atoms with Crippen LogP contribution in [0, 0.1) is 0 Å². The van der Waals surface area contributed by atoms with Crippen LogP contribution in [-0.4, -0.2) is 24.5 Å². The zero-order valence-corrected chi connectivity index (χ0v) is 10.3. The van der Waals surface area contributed by atoms with Crippen LogP contribution in [-0.2, 0) is 0 Å². The Bertz CT molecular complexity index is 270. The van der Waals surface area contributed by atoms with Crippen molar-refractivity contribution >= 4 is 24.0 Å². The molecule has 15 heavy (non-hydrogen) atoms. The van der Waals surface area contributed by atoms with E-state index >= 15 is 0 Å². The quantitative estimate of drug-likeness (QED) is 0.738. The fraction of sp³-hybridized carbons (Fsp3) is 0.500. The molecule has 1 aromatic rings. The first-order valence-corrected chi connectivity index (χ1v) is 5.71. The highest BCUT2D eigenvalue weighted by Crippen LogP contribution is 2.22. The molecule has 84 valence electrons. The summed E-state index contributed by atoms with van der Waals surface area (Å²) in [5, 5.41) is 0.147. The minimum absolute atomic E-state index is 0. The Labute approximate surface area is 103 Å². The molecule has 3 heteroatoms. The van der Waals surface area contributed by atoms with Gasteiger partial charge in [-0.15, -0.1) is 24.0 Å². The summed E-state index contributed by atoms with van der Waals surface area (Å²) in [5.41, 5.74) is 1.24. The first kappa shape index (κ1) is 12.8. The molecule has 0 radical (unpaired) electrons. The maximum atomic E-state index is 6.34. The van der Waals surface area contributed by atoms with Crippen molar-refractivity contribution in [2.75, 3.05) is 19.6 Å². The third-order valence-electron chi connectivity index (χ3n) is 2.78. The van der Waals surface area contributed by atoms with Crippen LogP contribution in [0.5, 0.6) is 0 Å². The van der Waals surface area contributed by atoms with E-state index in [9.17, 15) is 0 Å². The molecular formula is C12H17Cl2N. The average Bonchev–Trinajstić information content (AvgIpc) is 2.72. The second kappa shape index (κ2) is 6.37. The number of hydrogen-bond acceptors (Lipinski definition) is 1. The number of halogens is 2. The Morgan fingerprint density at radius 2 is 1.73 bits per heavy atom.